The molecular formula is C19H24N4O5S. The molecule has 3 rings (SSSR count). The van der Waals surface area contributed by atoms with E-state index in [1.54, 1.807) is 38.4 Å². The summed E-state index contributed by atoms with van der Waals surface area (Å²) in [6.07, 6.45) is 0.704. The normalized spacial score (nSPS) is 20.9. The number of nitrogens with one attached hydrogen (secondary N) is 1. The van der Waals surface area contributed by atoms with Crippen molar-refractivity contribution in [2.75, 3.05) is 25.6 Å². The van der Waals surface area contributed by atoms with Crippen LogP contribution in [0.5, 0.6) is 0 Å². The summed E-state index contributed by atoms with van der Waals surface area (Å²) < 4.78 is 23.4. The van der Waals surface area contributed by atoms with E-state index in [0.29, 0.717) is 18.5 Å². The summed E-state index contributed by atoms with van der Waals surface area (Å²) in [7, 11) is 0.0337. The van der Waals surface area contributed by atoms with E-state index < -0.39 is 15.9 Å². The van der Waals surface area contributed by atoms with E-state index in [-0.39, 0.29) is 47.8 Å². The fourth-order valence-electron chi connectivity index (χ4n) is 3.45. The first-order chi connectivity index (χ1) is 13.7. The number of carbonyl (C=O) groups excluding carboxylic acids is 3. The Morgan fingerprint density at radius 1 is 1.24 bits per heavy atom. The molecule has 0 radical (unpaired) electrons. The van der Waals surface area contributed by atoms with Gasteiger partial charge in [0.2, 0.25) is 5.91 Å². The number of hydrogen-bond donors (Lipinski definition) is 1. The molecule has 1 atom stereocenters. The number of hydrazone groups is 1. The smallest absolute Gasteiger partial charge is 0.270 e. The summed E-state index contributed by atoms with van der Waals surface area (Å²) in [5.74, 6) is -0.824. The third-order valence-electron chi connectivity index (χ3n) is 5.07. The zero-order valence-corrected chi connectivity index (χ0v) is 17.2. The lowest BCUT2D eigenvalue weighted by molar-refractivity contribution is -0.134. The van der Waals surface area contributed by atoms with Crippen molar-refractivity contribution in [1.29, 1.82) is 0 Å². The van der Waals surface area contributed by atoms with Crippen LogP contribution in [0.25, 0.3) is 0 Å². The Labute approximate surface area is 169 Å². The molecule has 0 aromatic heterocycles. The molecule has 0 bridgehead atoms. The van der Waals surface area contributed by atoms with Gasteiger partial charge in [0, 0.05) is 39.0 Å². The van der Waals surface area contributed by atoms with E-state index >= 15 is 0 Å². The number of carbonyl (C=O) groups is 3. The van der Waals surface area contributed by atoms with Crippen LogP contribution in [-0.4, -0.2) is 73.4 Å². The standard InChI is InChI=1S/C19H24N4O5S/c1-20-18(25)14-5-3-13(4-6-14)11-22(2)19(26)16-7-8-17(24)23(21-16)15-9-10-29(27,28)12-15/h3-6,15H,7-12H2,1-2H3,(H,20,25)/t15-/m0/s1. The molecule has 2 heterocycles. The number of sulfone groups is 1. The molecule has 0 aliphatic carbocycles. The lowest BCUT2D eigenvalue weighted by Crippen LogP contribution is -2.44. The topological polar surface area (TPSA) is 116 Å². The monoisotopic (exact) mass is 420 g/mol. The second kappa shape index (κ2) is 8.32. The average molecular weight is 420 g/mol. The van der Waals surface area contributed by atoms with Gasteiger partial charge in [-0.3, -0.25) is 14.4 Å². The highest BCUT2D eigenvalue weighted by molar-refractivity contribution is 7.91. The molecule has 1 saturated heterocycles. The fourth-order valence-corrected chi connectivity index (χ4v) is 5.14. The van der Waals surface area contributed by atoms with E-state index in [1.807, 2.05) is 0 Å². The Bertz CT molecular complexity index is 955. The predicted octanol–water partition coefficient (Wildman–Crippen LogP) is 0.170. The molecule has 1 aromatic carbocycles. The molecule has 0 spiro atoms. The van der Waals surface area contributed by atoms with Crippen LogP contribution in [0.1, 0.15) is 35.2 Å². The van der Waals surface area contributed by atoms with Gasteiger partial charge in [0.05, 0.1) is 17.5 Å². The largest absolute Gasteiger partial charge is 0.355 e. The zero-order chi connectivity index (χ0) is 21.2. The molecule has 29 heavy (non-hydrogen) atoms. The molecule has 1 fully saturated rings. The Balaban J connectivity index is 1.69. The molecule has 10 heteroatoms. The SMILES string of the molecule is CNC(=O)c1ccc(CN(C)C(=O)C2=NN([C@H]3CCS(=O)(=O)C3)C(=O)CC2)cc1. The Morgan fingerprint density at radius 2 is 1.93 bits per heavy atom. The van der Waals surface area contributed by atoms with Crippen LogP contribution in [0.3, 0.4) is 0 Å². The molecule has 2 aliphatic rings. The van der Waals surface area contributed by atoms with Crippen molar-refractivity contribution >= 4 is 33.3 Å². The van der Waals surface area contributed by atoms with Crippen molar-refractivity contribution < 1.29 is 22.8 Å². The first-order valence-electron chi connectivity index (χ1n) is 9.36. The third-order valence-corrected chi connectivity index (χ3v) is 6.82. The van der Waals surface area contributed by atoms with Crippen LogP contribution >= 0.6 is 0 Å². The zero-order valence-electron chi connectivity index (χ0n) is 16.4. The van der Waals surface area contributed by atoms with Crippen LogP contribution in [-0.2, 0) is 26.0 Å². The van der Waals surface area contributed by atoms with Gasteiger partial charge in [-0.25, -0.2) is 13.4 Å². The maximum atomic E-state index is 12.8. The van der Waals surface area contributed by atoms with Gasteiger partial charge in [0.25, 0.3) is 11.8 Å². The van der Waals surface area contributed by atoms with Gasteiger partial charge >= 0.3 is 0 Å². The van der Waals surface area contributed by atoms with E-state index in [2.05, 4.69) is 10.4 Å². The lowest BCUT2D eigenvalue weighted by atomic mass is 10.1. The number of benzene rings is 1. The van der Waals surface area contributed by atoms with Crippen LogP contribution < -0.4 is 5.32 Å². The molecule has 0 unspecified atom stereocenters. The van der Waals surface area contributed by atoms with Crippen LogP contribution in [0, 0.1) is 0 Å². The van der Waals surface area contributed by atoms with Crippen LogP contribution in [0.2, 0.25) is 0 Å². The van der Waals surface area contributed by atoms with Crippen molar-refractivity contribution in [3.8, 4) is 0 Å². The van der Waals surface area contributed by atoms with Gasteiger partial charge in [-0.05, 0) is 24.1 Å². The predicted molar refractivity (Wildman–Crippen MR) is 107 cm³/mol. The second-order valence-electron chi connectivity index (χ2n) is 7.28. The molecule has 1 N–H and O–H groups in total. The summed E-state index contributed by atoms with van der Waals surface area (Å²) in [4.78, 5) is 38.1. The minimum absolute atomic E-state index is 0.0339. The van der Waals surface area contributed by atoms with Crippen molar-refractivity contribution in [2.24, 2.45) is 5.10 Å². The molecule has 3 amide bonds. The molecule has 2 aliphatic heterocycles. The first kappa shape index (κ1) is 21.0. The highest BCUT2D eigenvalue weighted by atomic mass is 32.2. The van der Waals surface area contributed by atoms with Crippen molar-refractivity contribution in [3.05, 3.63) is 35.4 Å². The number of amides is 3. The van der Waals surface area contributed by atoms with Gasteiger partial charge in [-0.1, -0.05) is 12.1 Å². The minimum atomic E-state index is -3.16. The summed E-state index contributed by atoms with van der Waals surface area (Å²) in [5.41, 5.74) is 1.63. The summed E-state index contributed by atoms with van der Waals surface area (Å²) in [6, 6.07) is 6.42. The van der Waals surface area contributed by atoms with Crippen LogP contribution in [0.15, 0.2) is 29.4 Å². The van der Waals surface area contributed by atoms with E-state index in [4.69, 9.17) is 0 Å². The maximum absolute atomic E-state index is 12.8. The van der Waals surface area contributed by atoms with E-state index in [1.165, 1.54) is 9.91 Å². The number of rotatable bonds is 5. The number of hydrogen-bond acceptors (Lipinski definition) is 6. The fraction of sp³-hybridized carbons (Fsp3) is 0.474. The number of nitrogens with zero attached hydrogens (tertiary/aromatic N) is 3. The highest BCUT2D eigenvalue weighted by Gasteiger charge is 2.37. The Hall–Kier alpha value is -2.75. The van der Waals surface area contributed by atoms with Crippen LogP contribution in [0.4, 0.5) is 0 Å². The minimum Gasteiger partial charge on any atom is -0.355 e. The van der Waals surface area contributed by atoms with E-state index in [0.717, 1.165) is 5.56 Å². The molecule has 0 saturated carbocycles. The summed E-state index contributed by atoms with van der Waals surface area (Å²) in [6.45, 7) is 0.317. The van der Waals surface area contributed by atoms with Crippen molar-refractivity contribution in [2.45, 2.75) is 31.8 Å². The van der Waals surface area contributed by atoms with Crippen molar-refractivity contribution in [3.63, 3.8) is 0 Å². The molecular weight excluding hydrogens is 396 g/mol. The van der Waals surface area contributed by atoms with Gasteiger partial charge in [-0.15, -0.1) is 0 Å². The summed E-state index contributed by atoms with van der Waals surface area (Å²) >= 11 is 0. The maximum Gasteiger partial charge on any atom is 0.270 e. The molecule has 1 aromatic rings. The molecule has 156 valence electrons. The van der Waals surface area contributed by atoms with Gasteiger partial charge in [0.1, 0.15) is 5.71 Å². The van der Waals surface area contributed by atoms with E-state index in [9.17, 15) is 22.8 Å². The van der Waals surface area contributed by atoms with Gasteiger partial charge in [0.15, 0.2) is 9.84 Å². The quantitative estimate of drug-likeness (QED) is 0.729. The summed E-state index contributed by atoms with van der Waals surface area (Å²) in [5, 5.41) is 7.95. The lowest BCUT2D eigenvalue weighted by Gasteiger charge is -2.29. The second-order valence-corrected chi connectivity index (χ2v) is 9.51. The highest BCUT2D eigenvalue weighted by Crippen LogP contribution is 2.22. The third kappa shape index (κ3) is 4.81. The van der Waals surface area contributed by atoms with Crippen molar-refractivity contribution in [1.82, 2.24) is 15.2 Å². The van der Waals surface area contributed by atoms with Gasteiger partial charge < -0.3 is 10.2 Å². The average Bonchev–Trinajstić information content (AvgIpc) is 3.07. The van der Waals surface area contributed by atoms with Gasteiger partial charge in [-0.2, -0.15) is 5.10 Å². The first-order valence-corrected chi connectivity index (χ1v) is 11.2. The molecule has 9 nitrogen and oxygen atoms in total. The Kier molecular flexibility index (Phi) is 6.02. The Morgan fingerprint density at radius 3 is 2.52 bits per heavy atom.